The fourth-order valence-corrected chi connectivity index (χ4v) is 4.01. The number of aromatic nitrogens is 1. The monoisotopic (exact) mass is 410 g/mol. The minimum Gasteiger partial charge on any atom is -0.315 e. The van der Waals surface area contributed by atoms with Gasteiger partial charge in [-0.15, -0.1) is 0 Å². The summed E-state index contributed by atoms with van der Waals surface area (Å²) in [7, 11) is 0. The number of hydrogen-bond acceptors (Lipinski definition) is 2. The van der Waals surface area contributed by atoms with Crippen molar-refractivity contribution in [2.24, 2.45) is 0 Å². The first-order valence-electron chi connectivity index (χ1n) is 11.2. The summed E-state index contributed by atoms with van der Waals surface area (Å²) in [4.78, 5) is 15.1. The molecule has 3 aromatic carbocycles. The van der Waals surface area contributed by atoms with E-state index >= 15 is 0 Å². The molecule has 0 atom stereocenters. The van der Waals surface area contributed by atoms with Crippen LogP contribution in [0.2, 0.25) is 0 Å². The third-order valence-corrected chi connectivity index (χ3v) is 6.04. The fourth-order valence-electron chi connectivity index (χ4n) is 4.01. The molecule has 0 spiro atoms. The zero-order valence-corrected chi connectivity index (χ0v) is 18.4. The van der Waals surface area contributed by atoms with Crippen LogP contribution in [-0.2, 0) is 19.5 Å². The van der Waals surface area contributed by atoms with Crippen LogP contribution in [0.1, 0.15) is 25.0 Å². The molecule has 0 amide bonds. The summed E-state index contributed by atoms with van der Waals surface area (Å²) in [6.07, 6.45) is 2.77. The van der Waals surface area contributed by atoms with E-state index in [4.69, 9.17) is 0 Å². The Kier molecular flexibility index (Phi) is 6.63. The highest BCUT2D eigenvalue weighted by Gasteiger charge is 2.05. The average Bonchev–Trinajstić information content (AvgIpc) is 2.82. The number of pyridine rings is 1. The van der Waals surface area contributed by atoms with Crippen LogP contribution in [-0.4, -0.2) is 22.6 Å². The van der Waals surface area contributed by atoms with Gasteiger partial charge < -0.3 is 4.57 Å². The lowest BCUT2D eigenvalue weighted by Gasteiger charge is -2.18. The second-order valence-electron chi connectivity index (χ2n) is 8.04. The van der Waals surface area contributed by atoms with E-state index in [9.17, 15) is 4.79 Å². The standard InChI is InChI=1S/C28H30N2O/c1-3-29(4-2)21-23-11-9-22(10-12-23)15-17-30-18-16-27(20-28(30)31)26-14-13-24-7-5-6-8-25(24)19-26/h5-14,16,18-20H,3-4,15,17,21H2,1-2H3. The molecule has 0 unspecified atom stereocenters. The molecule has 3 heteroatoms. The summed E-state index contributed by atoms with van der Waals surface area (Å²) in [6, 6.07) is 27.2. The Morgan fingerprint density at radius 3 is 2.13 bits per heavy atom. The predicted octanol–water partition coefficient (Wildman–Crippen LogP) is 5.75. The molecule has 0 saturated carbocycles. The summed E-state index contributed by atoms with van der Waals surface area (Å²) in [6.45, 7) is 8.20. The van der Waals surface area contributed by atoms with Crippen LogP contribution in [0.3, 0.4) is 0 Å². The van der Waals surface area contributed by atoms with E-state index in [2.05, 4.69) is 73.3 Å². The Labute approximate surface area is 184 Å². The highest BCUT2D eigenvalue weighted by atomic mass is 16.1. The van der Waals surface area contributed by atoms with Crippen LogP contribution in [0.25, 0.3) is 21.9 Å². The first-order valence-corrected chi connectivity index (χ1v) is 11.2. The molecular weight excluding hydrogens is 380 g/mol. The number of nitrogens with zero attached hydrogens (tertiary/aromatic N) is 2. The molecule has 0 bridgehead atoms. The molecule has 158 valence electrons. The zero-order valence-electron chi connectivity index (χ0n) is 18.4. The summed E-state index contributed by atoms with van der Waals surface area (Å²) >= 11 is 0. The summed E-state index contributed by atoms with van der Waals surface area (Å²) in [5, 5.41) is 2.40. The van der Waals surface area contributed by atoms with Gasteiger partial charge in [-0.05, 0) is 64.7 Å². The number of fused-ring (bicyclic) bond motifs is 1. The van der Waals surface area contributed by atoms with Gasteiger partial charge in [0.25, 0.3) is 5.56 Å². The number of benzene rings is 3. The Balaban J connectivity index is 1.43. The van der Waals surface area contributed by atoms with Crippen molar-refractivity contribution in [1.82, 2.24) is 9.47 Å². The smallest absolute Gasteiger partial charge is 0.251 e. The van der Waals surface area contributed by atoms with Gasteiger partial charge in [-0.2, -0.15) is 0 Å². The van der Waals surface area contributed by atoms with Gasteiger partial charge in [0.2, 0.25) is 0 Å². The average molecular weight is 411 g/mol. The molecule has 0 aliphatic carbocycles. The van der Waals surface area contributed by atoms with E-state index in [1.807, 2.05) is 24.4 Å². The fraction of sp³-hybridized carbons (Fsp3) is 0.250. The normalized spacial score (nSPS) is 11.3. The first-order chi connectivity index (χ1) is 15.2. The first kappa shape index (κ1) is 21.1. The van der Waals surface area contributed by atoms with Gasteiger partial charge in [0, 0.05) is 25.4 Å². The minimum atomic E-state index is 0.0452. The van der Waals surface area contributed by atoms with Crippen molar-refractivity contribution in [3.05, 3.63) is 107 Å². The number of aryl methyl sites for hydroxylation is 2. The van der Waals surface area contributed by atoms with E-state index in [0.29, 0.717) is 6.54 Å². The van der Waals surface area contributed by atoms with Crippen molar-refractivity contribution < 1.29 is 0 Å². The SMILES string of the molecule is CCN(CC)Cc1ccc(CCn2ccc(-c3ccc4ccccc4c3)cc2=O)cc1. The Bertz CT molecular complexity index is 1200. The second-order valence-corrected chi connectivity index (χ2v) is 8.04. The van der Waals surface area contributed by atoms with E-state index in [1.165, 1.54) is 21.9 Å². The third kappa shape index (κ3) is 5.12. The molecule has 0 saturated heterocycles. The lowest BCUT2D eigenvalue weighted by atomic mass is 10.0. The Hall–Kier alpha value is -3.17. The highest BCUT2D eigenvalue weighted by molar-refractivity contribution is 5.87. The van der Waals surface area contributed by atoms with Crippen molar-refractivity contribution in [2.75, 3.05) is 13.1 Å². The quantitative estimate of drug-likeness (QED) is 0.369. The highest BCUT2D eigenvalue weighted by Crippen LogP contribution is 2.23. The van der Waals surface area contributed by atoms with E-state index < -0.39 is 0 Å². The summed E-state index contributed by atoms with van der Waals surface area (Å²) in [5.41, 5.74) is 4.68. The molecular formula is C28H30N2O. The van der Waals surface area contributed by atoms with Gasteiger partial charge in [0.05, 0.1) is 0 Å². The maximum Gasteiger partial charge on any atom is 0.251 e. The molecule has 0 radical (unpaired) electrons. The second kappa shape index (κ2) is 9.76. The van der Waals surface area contributed by atoms with Gasteiger partial charge >= 0.3 is 0 Å². The maximum atomic E-state index is 12.7. The molecule has 4 rings (SSSR count). The predicted molar refractivity (Wildman–Crippen MR) is 130 cm³/mol. The van der Waals surface area contributed by atoms with E-state index in [-0.39, 0.29) is 5.56 Å². The number of hydrogen-bond donors (Lipinski definition) is 0. The Morgan fingerprint density at radius 2 is 1.42 bits per heavy atom. The molecule has 0 aliphatic heterocycles. The summed E-state index contributed by atoms with van der Waals surface area (Å²) < 4.78 is 1.80. The third-order valence-electron chi connectivity index (χ3n) is 6.04. The van der Waals surface area contributed by atoms with Crippen molar-refractivity contribution in [3.63, 3.8) is 0 Å². The van der Waals surface area contributed by atoms with Crippen LogP contribution in [0.15, 0.2) is 89.9 Å². The Morgan fingerprint density at radius 1 is 0.742 bits per heavy atom. The van der Waals surface area contributed by atoms with Gasteiger partial charge in [-0.3, -0.25) is 9.69 Å². The van der Waals surface area contributed by atoms with Gasteiger partial charge in [0.15, 0.2) is 0 Å². The number of rotatable bonds is 8. The van der Waals surface area contributed by atoms with Gasteiger partial charge in [-0.1, -0.05) is 74.5 Å². The van der Waals surface area contributed by atoms with Crippen molar-refractivity contribution >= 4 is 10.8 Å². The maximum absolute atomic E-state index is 12.7. The van der Waals surface area contributed by atoms with Gasteiger partial charge in [0.1, 0.15) is 0 Å². The molecule has 1 heterocycles. The topological polar surface area (TPSA) is 25.2 Å². The lowest BCUT2D eigenvalue weighted by Crippen LogP contribution is -2.22. The molecule has 0 N–H and O–H groups in total. The van der Waals surface area contributed by atoms with Crippen LogP contribution in [0, 0.1) is 0 Å². The van der Waals surface area contributed by atoms with Crippen LogP contribution in [0.5, 0.6) is 0 Å². The van der Waals surface area contributed by atoms with Crippen LogP contribution < -0.4 is 5.56 Å². The van der Waals surface area contributed by atoms with E-state index in [1.54, 1.807) is 10.6 Å². The van der Waals surface area contributed by atoms with Gasteiger partial charge in [-0.25, -0.2) is 0 Å². The lowest BCUT2D eigenvalue weighted by molar-refractivity contribution is 0.296. The zero-order chi connectivity index (χ0) is 21.6. The van der Waals surface area contributed by atoms with Crippen LogP contribution in [0.4, 0.5) is 0 Å². The molecule has 0 aliphatic rings. The molecule has 31 heavy (non-hydrogen) atoms. The molecule has 1 aromatic heterocycles. The molecule has 0 fully saturated rings. The largest absolute Gasteiger partial charge is 0.315 e. The van der Waals surface area contributed by atoms with Crippen LogP contribution >= 0.6 is 0 Å². The van der Waals surface area contributed by atoms with Crippen molar-refractivity contribution in [3.8, 4) is 11.1 Å². The van der Waals surface area contributed by atoms with E-state index in [0.717, 1.165) is 37.2 Å². The van der Waals surface area contributed by atoms with Crippen molar-refractivity contribution in [2.45, 2.75) is 33.4 Å². The molecule has 4 aromatic rings. The molecule has 3 nitrogen and oxygen atoms in total. The minimum absolute atomic E-state index is 0.0452. The summed E-state index contributed by atoms with van der Waals surface area (Å²) in [5.74, 6) is 0. The van der Waals surface area contributed by atoms with Crippen molar-refractivity contribution in [1.29, 1.82) is 0 Å².